The number of aromatic nitrogens is 3. The molecule has 0 aliphatic rings. The van der Waals surface area contributed by atoms with Crippen molar-refractivity contribution >= 4 is 16.9 Å². The SMILES string of the molecule is COc1ccc(-c2nc(-c3c[nH]c4cccc(C(=O)O)c34)[nH]c2-c2oc(C)cc(=O)c2O)cc1. The molecule has 9 heteroatoms. The average molecular weight is 457 g/mol. The fourth-order valence-corrected chi connectivity index (χ4v) is 3.95. The molecule has 0 amide bonds. The first-order valence-corrected chi connectivity index (χ1v) is 10.3. The van der Waals surface area contributed by atoms with Gasteiger partial charge in [-0.1, -0.05) is 6.07 Å². The van der Waals surface area contributed by atoms with Gasteiger partial charge in [-0.05, 0) is 43.3 Å². The Morgan fingerprint density at radius 1 is 1.15 bits per heavy atom. The van der Waals surface area contributed by atoms with Crippen molar-refractivity contribution in [2.45, 2.75) is 6.92 Å². The number of benzene rings is 2. The second kappa shape index (κ2) is 7.96. The molecule has 0 saturated carbocycles. The van der Waals surface area contributed by atoms with Crippen LogP contribution in [0.2, 0.25) is 0 Å². The van der Waals surface area contributed by atoms with E-state index in [1.165, 1.54) is 12.1 Å². The zero-order chi connectivity index (χ0) is 24.0. The predicted molar refractivity (Wildman–Crippen MR) is 125 cm³/mol. The van der Waals surface area contributed by atoms with Gasteiger partial charge < -0.3 is 29.3 Å². The Kier molecular flexibility index (Phi) is 4.94. The largest absolute Gasteiger partial charge is 0.501 e. The number of carboxylic acid groups (broad SMARTS) is 1. The summed E-state index contributed by atoms with van der Waals surface area (Å²) < 4.78 is 10.9. The van der Waals surface area contributed by atoms with Crippen molar-refractivity contribution in [2.75, 3.05) is 7.11 Å². The molecule has 3 heterocycles. The van der Waals surface area contributed by atoms with Crippen molar-refractivity contribution < 1.29 is 24.2 Å². The highest BCUT2D eigenvalue weighted by Crippen LogP contribution is 2.38. The first-order chi connectivity index (χ1) is 16.4. The molecule has 34 heavy (non-hydrogen) atoms. The number of aromatic carboxylic acids is 1. The molecule has 0 saturated heterocycles. The number of carboxylic acids is 1. The zero-order valence-electron chi connectivity index (χ0n) is 18.2. The lowest BCUT2D eigenvalue weighted by atomic mass is 10.1. The number of aryl methyl sites for hydroxylation is 1. The number of ether oxygens (including phenoxy) is 1. The molecular weight excluding hydrogens is 438 g/mol. The van der Waals surface area contributed by atoms with E-state index in [0.717, 1.165) is 0 Å². The Bertz CT molecular complexity index is 1610. The summed E-state index contributed by atoms with van der Waals surface area (Å²) in [6.45, 7) is 1.60. The first-order valence-electron chi connectivity index (χ1n) is 10.3. The van der Waals surface area contributed by atoms with Gasteiger partial charge in [0, 0.05) is 34.3 Å². The van der Waals surface area contributed by atoms with Crippen LogP contribution >= 0.6 is 0 Å². The molecule has 3 aromatic heterocycles. The summed E-state index contributed by atoms with van der Waals surface area (Å²) in [7, 11) is 1.56. The van der Waals surface area contributed by atoms with Crippen LogP contribution in [0.3, 0.4) is 0 Å². The minimum Gasteiger partial charge on any atom is -0.501 e. The predicted octanol–water partition coefficient (Wildman–Crippen LogP) is 4.57. The van der Waals surface area contributed by atoms with Gasteiger partial charge in [0.1, 0.15) is 28.7 Å². The van der Waals surface area contributed by atoms with Crippen molar-refractivity contribution in [1.29, 1.82) is 0 Å². The summed E-state index contributed by atoms with van der Waals surface area (Å²) in [5.41, 5.74) is 2.02. The fraction of sp³-hybridized carbons (Fsp3) is 0.0800. The molecule has 0 aliphatic heterocycles. The minimum absolute atomic E-state index is 0.0622. The molecule has 5 aromatic rings. The maximum Gasteiger partial charge on any atom is 0.336 e. The summed E-state index contributed by atoms with van der Waals surface area (Å²) >= 11 is 0. The van der Waals surface area contributed by atoms with Gasteiger partial charge in [0.25, 0.3) is 0 Å². The molecule has 9 nitrogen and oxygen atoms in total. The van der Waals surface area contributed by atoms with Gasteiger partial charge in [-0.25, -0.2) is 9.78 Å². The van der Waals surface area contributed by atoms with E-state index in [2.05, 4.69) is 9.97 Å². The van der Waals surface area contributed by atoms with Crippen molar-refractivity contribution in [3.05, 3.63) is 76.3 Å². The number of aromatic hydroxyl groups is 1. The molecule has 0 aliphatic carbocycles. The fourth-order valence-electron chi connectivity index (χ4n) is 3.95. The van der Waals surface area contributed by atoms with Crippen molar-refractivity contribution in [1.82, 2.24) is 15.0 Å². The number of methoxy groups -OCH3 is 1. The average Bonchev–Trinajstić information content (AvgIpc) is 3.45. The maximum atomic E-state index is 12.3. The zero-order valence-corrected chi connectivity index (χ0v) is 18.2. The van der Waals surface area contributed by atoms with Crippen LogP contribution in [0.1, 0.15) is 16.1 Å². The smallest absolute Gasteiger partial charge is 0.336 e. The molecular formula is C25H19N3O6. The number of hydrogen-bond acceptors (Lipinski definition) is 6. The highest BCUT2D eigenvalue weighted by Gasteiger charge is 2.24. The summed E-state index contributed by atoms with van der Waals surface area (Å²) in [6, 6.07) is 13.2. The van der Waals surface area contributed by atoms with Crippen LogP contribution in [0.4, 0.5) is 0 Å². The molecule has 0 unspecified atom stereocenters. The Labute approximate surface area is 192 Å². The lowest BCUT2D eigenvalue weighted by molar-refractivity contribution is 0.0699. The normalized spacial score (nSPS) is 11.1. The number of nitrogens with zero attached hydrogens (tertiary/aromatic N) is 1. The van der Waals surface area contributed by atoms with Crippen LogP contribution in [0.25, 0.3) is 45.0 Å². The van der Waals surface area contributed by atoms with Gasteiger partial charge in [-0.3, -0.25) is 4.79 Å². The third kappa shape index (κ3) is 3.39. The highest BCUT2D eigenvalue weighted by molar-refractivity contribution is 6.09. The van der Waals surface area contributed by atoms with E-state index in [1.54, 1.807) is 56.6 Å². The Morgan fingerprint density at radius 2 is 1.91 bits per heavy atom. The van der Waals surface area contributed by atoms with Crippen LogP contribution in [0.15, 0.2) is 63.9 Å². The maximum absolute atomic E-state index is 12.3. The van der Waals surface area contributed by atoms with E-state index in [-0.39, 0.29) is 17.0 Å². The van der Waals surface area contributed by atoms with Crippen LogP contribution in [-0.2, 0) is 0 Å². The lowest BCUT2D eigenvalue weighted by Crippen LogP contribution is -2.01. The van der Waals surface area contributed by atoms with Crippen LogP contribution < -0.4 is 10.2 Å². The third-order valence-electron chi connectivity index (χ3n) is 5.53. The molecule has 0 fully saturated rings. The standard InChI is InChI=1S/C25H19N3O6/c1-12-10-18(29)22(30)23(34-12)21-20(13-6-8-14(33-2)9-7-13)27-24(28-21)16-11-26-17-5-3-4-15(19(16)17)25(31)32/h3-11,26,30H,1-2H3,(H,27,28)(H,31,32). The monoisotopic (exact) mass is 457 g/mol. The van der Waals surface area contributed by atoms with Crippen molar-refractivity contribution in [2.24, 2.45) is 0 Å². The summed E-state index contributed by atoms with van der Waals surface area (Å²) in [5.74, 6) is -0.391. The molecule has 0 atom stereocenters. The Balaban J connectivity index is 1.80. The molecule has 4 N–H and O–H groups in total. The van der Waals surface area contributed by atoms with Crippen LogP contribution in [-0.4, -0.2) is 38.2 Å². The van der Waals surface area contributed by atoms with Gasteiger partial charge in [0.05, 0.1) is 12.7 Å². The second-order valence-corrected chi connectivity index (χ2v) is 7.67. The quantitative estimate of drug-likeness (QED) is 0.303. The number of imidazole rings is 1. The first kappa shape index (κ1) is 21.1. The number of nitrogens with one attached hydrogen (secondary N) is 2. The molecule has 0 spiro atoms. The van der Waals surface area contributed by atoms with E-state index in [4.69, 9.17) is 14.1 Å². The van der Waals surface area contributed by atoms with E-state index < -0.39 is 17.1 Å². The third-order valence-corrected chi connectivity index (χ3v) is 5.53. The Hall–Kier alpha value is -4.79. The van der Waals surface area contributed by atoms with Crippen molar-refractivity contribution in [3.63, 3.8) is 0 Å². The van der Waals surface area contributed by atoms with Gasteiger partial charge in [0.2, 0.25) is 11.2 Å². The van der Waals surface area contributed by atoms with Gasteiger partial charge in [0.15, 0.2) is 5.76 Å². The number of hydrogen-bond donors (Lipinski definition) is 4. The minimum atomic E-state index is -1.07. The van der Waals surface area contributed by atoms with E-state index in [9.17, 15) is 19.8 Å². The molecule has 2 aromatic carbocycles. The number of carbonyl (C=O) groups is 1. The van der Waals surface area contributed by atoms with E-state index >= 15 is 0 Å². The second-order valence-electron chi connectivity index (χ2n) is 7.67. The summed E-state index contributed by atoms with van der Waals surface area (Å²) in [6.07, 6.45) is 1.66. The number of rotatable bonds is 5. The molecule has 5 rings (SSSR count). The number of fused-ring (bicyclic) bond motifs is 1. The number of H-pyrrole nitrogens is 2. The number of aromatic amines is 2. The topological polar surface area (TPSA) is 141 Å². The lowest BCUT2D eigenvalue weighted by Gasteiger charge is -2.06. The van der Waals surface area contributed by atoms with Gasteiger partial charge in [-0.15, -0.1) is 0 Å². The van der Waals surface area contributed by atoms with Crippen molar-refractivity contribution in [3.8, 4) is 45.6 Å². The summed E-state index contributed by atoms with van der Waals surface area (Å²) in [5, 5.41) is 20.7. The van der Waals surface area contributed by atoms with E-state index in [1.807, 2.05) is 0 Å². The molecule has 0 radical (unpaired) electrons. The molecule has 0 bridgehead atoms. The van der Waals surface area contributed by atoms with Gasteiger partial charge >= 0.3 is 5.97 Å². The molecule has 170 valence electrons. The highest BCUT2D eigenvalue weighted by atomic mass is 16.5. The van der Waals surface area contributed by atoms with Gasteiger partial charge in [-0.2, -0.15) is 0 Å². The van der Waals surface area contributed by atoms with Crippen LogP contribution in [0, 0.1) is 6.92 Å². The van der Waals surface area contributed by atoms with E-state index in [0.29, 0.717) is 45.1 Å². The Morgan fingerprint density at radius 3 is 2.62 bits per heavy atom. The summed E-state index contributed by atoms with van der Waals surface area (Å²) in [4.78, 5) is 35.0. The van der Waals surface area contributed by atoms with Crippen LogP contribution in [0.5, 0.6) is 11.5 Å².